The lowest BCUT2D eigenvalue weighted by Gasteiger charge is -2.22. The molecule has 0 heterocycles. The molecule has 1 aliphatic carbocycles. The number of carbonyl (C=O) groups is 2. The molecule has 0 radical (unpaired) electrons. The Balaban J connectivity index is 2.03. The number of hydrogen-bond donors (Lipinski definition) is 2. The van der Waals surface area contributed by atoms with E-state index >= 15 is 0 Å². The average Bonchev–Trinajstić information content (AvgIpc) is 2.35. The van der Waals surface area contributed by atoms with Crippen LogP contribution in [0.25, 0.3) is 0 Å². The van der Waals surface area contributed by atoms with E-state index < -0.39 is 0 Å². The topological polar surface area (TPSA) is 66.4 Å². The number of rotatable bonds is 2. The molecule has 0 saturated heterocycles. The second-order valence-corrected chi connectivity index (χ2v) is 4.74. The second kappa shape index (κ2) is 5.21. The molecular formula is C14H17NO3. The van der Waals surface area contributed by atoms with E-state index in [9.17, 15) is 14.7 Å². The zero-order valence-electron chi connectivity index (χ0n) is 10.4. The van der Waals surface area contributed by atoms with Crippen LogP contribution in [0.1, 0.15) is 41.6 Å². The highest BCUT2D eigenvalue weighted by molar-refractivity contribution is 5.96. The molecule has 4 nitrogen and oxygen atoms in total. The molecule has 4 heteroatoms. The average molecular weight is 247 g/mol. The lowest BCUT2D eigenvalue weighted by Crippen LogP contribution is -2.38. The van der Waals surface area contributed by atoms with Crippen LogP contribution in [0.3, 0.4) is 0 Å². The predicted molar refractivity (Wildman–Crippen MR) is 67.6 cm³/mol. The summed E-state index contributed by atoms with van der Waals surface area (Å²) < 4.78 is 0. The number of hydrogen-bond acceptors (Lipinski definition) is 3. The van der Waals surface area contributed by atoms with Gasteiger partial charge in [-0.25, -0.2) is 0 Å². The number of Topliss-reactive ketones (excluding diaryl/α,β-unsaturated/α-hetero) is 1. The first-order valence-electron chi connectivity index (χ1n) is 6.19. The summed E-state index contributed by atoms with van der Waals surface area (Å²) >= 11 is 0. The van der Waals surface area contributed by atoms with Crippen LogP contribution in [0.5, 0.6) is 5.75 Å². The van der Waals surface area contributed by atoms with Gasteiger partial charge in [0.05, 0.1) is 0 Å². The smallest absolute Gasteiger partial charge is 0.251 e. The van der Waals surface area contributed by atoms with Gasteiger partial charge in [-0.1, -0.05) is 6.07 Å². The third kappa shape index (κ3) is 2.70. The van der Waals surface area contributed by atoms with E-state index in [2.05, 4.69) is 5.32 Å². The molecule has 1 aliphatic rings. The van der Waals surface area contributed by atoms with Gasteiger partial charge < -0.3 is 10.4 Å². The fourth-order valence-electron chi connectivity index (χ4n) is 2.22. The van der Waals surface area contributed by atoms with Crippen molar-refractivity contribution >= 4 is 11.7 Å². The van der Waals surface area contributed by atoms with Gasteiger partial charge in [0.15, 0.2) is 0 Å². The van der Waals surface area contributed by atoms with Crippen LogP contribution in [0.4, 0.5) is 0 Å². The van der Waals surface area contributed by atoms with E-state index in [1.807, 2.05) is 0 Å². The molecular weight excluding hydrogens is 230 g/mol. The third-order valence-corrected chi connectivity index (χ3v) is 3.43. The Kier molecular flexibility index (Phi) is 3.65. The molecule has 1 aromatic carbocycles. The Bertz CT molecular complexity index is 472. The first-order valence-corrected chi connectivity index (χ1v) is 6.19. The Labute approximate surface area is 106 Å². The summed E-state index contributed by atoms with van der Waals surface area (Å²) in [5, 5.41) is 12.5. The summed E-state index contributed by atoms with van der Waals surface area (Å²) in [6.45, 7) is 1.72. The Hall–Kier alpha value is -1.84. The fourth-order valence-corrected chi connectivity index (χ4v) is 2.22. The van der Waals surface area contributed by atoms with Crippen LogP contribution in [0.2, 0.25) is 0 Å². The molecule has 2 N–H and O–H groups in total. The molecule has 0 atom stereocenters. The minimum atomic E-state index is -0.178. The first kappa shape index (κ1) is 12.6. The standard InChI is InChI=1S/C14H17NO3/c1-9-12(3-2-4-13(9)17)14(18)15-10-5-7-11(16)8-6-10/h2-4,10,17H,5-8H2,1H3,(H,15,18). The van der Waals surface area contributed by atoms with Crippen LogP contribution in [-0.2, 0) is 4.79 Å². The lowest BCUT2D eigenvalue weighted by atomic mass is 9.94. The number of benzene rings is 1. The Morgan fingerprint density at radius 2 is 2.00 bits per heavy atom. The maximum absolute atomic E-state index is 12.1. The highest BCUT2D eigenvalue weighted by Gasteiger charge is 2.21. The van der Waals surface area contributed by atoms with Gasteiger partial charge in [-0.05, 0) is 31.9 Å². The van der Waals surface area contributed by atoms with Crippen molar-refractivity contribution in [1.29, 1.82) is 0 Å². The van der Waals surface area contributed by atoms with E-state index in [4.69, 9.17) is 0 Å². The van der Waals surface area contributed by atoms with Gasteiger partial charge in [0.25, 0.3) is 5.91 Å². The summed E-state index contributed by atoms with van der Waals surface area (Å²) in [5.74, 6) is 0.221. The monoisotopic (exact) mass is 247 g/mol. The van der Waals surface area contributed by atoms with Crippen LogP contribution in [0, 0.1) is 6.92 Å². The van der Waals surface area contributed by atoms with Gasteiger partial charge in [-0.2, -0.15) is 0 Å². The summed E-state index contributed by atoms with van der Waals surface area (Å²) in [4.78, 5) is 23.2. The predicted octanol–water partition coefficient (Wildman–Crippen LogP) is 1.94. The number of phenolic OH excluding ortho intramolecular Hbond substituents is 1. The van der Waals surface area contributed by atoms with Crippen LogP contribution in [0.15, 0.2) is 18.2 Å². The zero-order valence-corrected chi connectivity index (χ0v) is 10.4. The van der Waals surface area contributed by atoms with Gasteiger partial charge in [-0.3, -0.25) is 9.59 Å². The highest BCUT2D eigenvalue weighted by Crippen LogP contribution is 2.20. The maximum Gasteiger partial charge on any atom is 0.251 e. The fraction of sp³-hybridized carbons (Fsp3) is 0.429. The van der Waals surface area contributed by atoms with Crippen molar-refractivity contribution in [3.8, 4) is 5.75 Å². The van der Waals surface area contributed by atoms with Gasteiger partial charge in [-0.15, -0.1) is 0 Å². The molecule has 1 amide bonds. The molecule has 18 heavy (non-hydrogen) atoms. The van der Waals surface area contributed by atoms with Crippen molar-refractivity contribution < 1.29 is 14.7 Å². The second-order valence-electron chi connectivity index (χ2n) is 4.74. The molecule has 96 valence electrons. The number of nitrogens with one attached hydrogen (secondary N) is 1. The molecule has 0 bridgehead atoms. The van der Waals surface area contributed by atoms with E-state index in [1.165, 1.54) is 0 Å². The normalized spacial score (nSPS) is 16.6. The number of aromatic hydroxyl groups is 1. The van der Waals surface area contributed by atoms with E-state index in [0.717, 1.165) is 0 Å². The van der Waals surface area contributed by atoms with Crippen molar-refractivity contribution in [3.63, 3.8) is 0 Å². The maximum atomic E-state index is 12.1. The SMILES string of the molecule is Cc1c(O)cccc1C(=O)NC1CCC(=O)CC1. The number of ketones is 1. The Morgan fingerprint density at radius 1 is 1.33 bits per heavy atom. The largest absolute Gasteiger partial charge is 0.508 e. The number of phenols is 1. The molecule has 2 rings (SSSR count). The van der Waals surface area contributed by atoms with Crippen LogP contribution < -0.4 is 5.32 Å². The third-order valence-electron chi connectivity index (χ3n) is 3.43. The number of carbonyl (C=O) groups excluding carboxylic acids is 2. The van der Waals surface area contributed by atoms with Crippen molar-refractivity contribution in [2.75, 3.05) is 0 Å². The molecule has 0 unspecified atom stereocenters. The van der Waals surface area contributed by atoms with Gasteiger partial charge in [0.2, 0.25) is 0 Å². The Morgan fingerprint density at radius 3 is 2.67 bits per heavy atom. The summed E-state index contributed by atoms with van der Waals surface area (Å²) in [5.41, 5.74) is 1.08. The van der Waals surface area contributed by atoms with Crippen molar-refractivity contribution in [3.05, 3.63) is 29.3 Å². The van der Waals surface area contributed by atoms with Gasteiger partial charge in [0, 0.05) is 30.0 Å². The summed E-state index contributed by atoms with van der Waals surface area (Å²) in [7, 11) is 0. The molecule has 0 aromatic heterocycles. The molecule has 1 saturated carbocycles. The lowest BCUT2D eigenvalue weighted by molar-refractivity contribution is -0.120. The minimum Gasteiger partial charge on any atom is -0.508 e. The van der Waals surface area contributed by atoms with Crippen LogP contribution in [-0.4, -0.2) is 22.8 Å². The zero-order chi connectivity index (χ0) is 13.1. The molecule has 0 aliphatic heterocycles. The first-order chi connectivity index (χ1) is 8.58. The van der Waals surface area contributed by atoms with Crippen molar-refractivity contribution in [2.45, 2.75) is 38.6 Å². The van der Waals surface area contributed by atoms with Crippen LogP contribution >= 0.6 is 0 Å². The summed E-state index contributed by atoms with van der Waals surface area (Å²) in [6.07, 6.45) is 2.51. The van der Waals surface area contributed by atoms with E-state index in [0.29, 0.717) is 36.8 Å². The molecule has 1 fully saturated rings. The van der Waals surface area contributed by atoms with Crippen molar-refractivity contribution in [2.24, 2.45) is 0 Å². The van der Waals surface area contributed by atoms with E-state index in [-0.39, 0.29) is 23.5 Å². The molecule has 1 aromatic rings. The minimum absolute atomic E-state index is 0.0666. The van der Waals surface area contributed by atoms with Gasteiger partial charge in [0.1, 0.15) is 11.5 Å². The summed E-state index contributed by atoms with van der Waals surface area (Å²) in [6, 6.07) is 4.97. The quantitative estimate of drug-likeness (QED) is 0.839. The number of amides is 1. The molecule has 0 spiro atoms. The van der Waals surface area contributed by atoms with Crippen molar-refractivity contribution in [1.82, 2.24) is 5.32 Å². The highest BCUT2D eigenvalue weighted by atomic mass is 16.3. The van der Waals surface area contributed by atoms with Gasteiger partial charge >= 0.3 is 0 Å². The van der Waals surface area contributed by atoms with E-state index in [1.54, 1.807) is 25.1 Å².